The molecule has 2 aliphatic rings. The fraction of sp³-hybridized carbons (Fsp3) is 0.500. The van der Waals surface area contributed by atoms with Crippen LogP contribution in [0.25, 0.3) is 11.2 Å². The maximum atomic E-state index is 12.3. The predicted molar refractivity (Wildman–Crippen MR) is 95.4 cm³/mol. The molecule has 0 aromatic carbocycles. The van der Waals surface area contributed by atoms with Crippen LogP contribution < -0.4 is 11.3 Å². The van der Waals surface area contributed by atoms with Gasteiger partial charge in [-0.1, -0.05) is 0 Å². The number of hydrogen-bond acceptors (Lipinski definition) is 13. The van der Waals surface area contributed by atoms with Crippen LogP contribution in [0.2, 0.25) is 0 Å². The van der Waals surface area contributed by atoms with Gasteiger partial charge in [0.15, 0.2) is 22.5 Å². The molecule has 2 aliphatic heterocycles. The molecular formula is C12H14N9O6PS. The van der Waals surface area contributed by atoms with Crippen LogP contribution in [0.1, 0.15) is 6.23 Å². The summed E-state index contributed by atoms with van der Waals surface area (Å²) in [5.74, 6) is -0.121. The maximum absolute atomic E-state index is 12.3. The van der Waals surface area contributed by atoms with Gasteiger partial charge in [0.1, 0.15) is 18.3 Å². The van der Waals surface area contributed by atoms with E-state index >= 15 is 0 Å². The molecule has 3 aromatic heterocycles. The van der Waals surface area contributed by atoms with E-state index in [-0.39, 0.29) is 28.9 Å². The number of fused-ring (bicyclic) bond motifs is 2. The van der Waals surface area contributed by atoms with Crippen molar-refractivity contribution in [2.75, 3.05) is 12.3 Å². The van der Waals surface area contributed by atoms with Gasteiger partial charge >= 0.3 is 8.60 Å². The number of imidazole rings is 1. The highest BCUT2D eigenvalue weighted by Crippen LogP contribution is 2.47. The molecule has 5 unspecified atom stereocenters. The molecule has 15 nitrogen and oxygen atoms in total. The van der Waals surface area contributed by atoms with Crippen LogP contribution in [-0.4, -0.2) is 74.6 Å². The lowest BCUT2D eigenvalue weighted by atomic mass is 10.1. The van der Waals surface area contributed by atoms with E-state index in [2.05, 4.69) is 30.5 Å². The van der Waals surface area contributed by atoms with Crippen molar-refractivity contribution in [3.05, 3.63) is 10.4 Å². The van der Waals surface area contributed by atoms with E-state index < -0.39 is 38.7 Å². The molecule has 5 heterocycles. The molecule has 0 aliphatic carbocycles. The van der Waals surface area contributed by atoms with Gasteiger partial charge in [0.05, 0.1) is 6.61 Å². The van der Waals surface area contributed by atoms with E-state index in [0.717, 1.165) is 11.8 Å². The van der Waals surface area contributed by atoms with Crippen LogP contribution in [0.15, 0.2) is 15.1 Å². The van der Waals surface area contributed by atoms with E-state index in [4.69, 9.17) is 19.5 Å². The van der Waals surface area contributed by atoms with Crippen LogP contribution >= 0.6 is 20.4 Å². The summed E-state index contributed by atoms with van der Waals surface area (Å²) in [5, 5.41) is 22.7. The largest absolute Gasteiger partial charge is 0.386 e. The zero-order valence-electron chi connectivity index (χ0n) is 14.6. The van der Waals surface area contributed by atoms with Crippen molar-refractivity contribution in [1.82, 2.24) is 39.7 Å². The highest BCUT2D eigenvalue weighted by atomic mass is 32.2. The first-order valence-corrected chi connectivity index (χ1v) is 10.2. The summed E-state index contributed by atoms with van der Waals surface area (Å²) in [6.45, 7) is 0.0406. The predicted octanol–water partition coefficient (Wildman–Crippen LogP) is -1.73. The molecule has 0 spiro atoms. The number of ether oxygens (including phenoxy) is 1. The van der Waals surface area contributed by atoms with E-state index in [1.807, 2.05) is 0 Å². The number of aryl methyl sites for hydroxylation is 1. The van der Waals surface area contributed by atoms with Crippen molar-refractivity contribution in [1.29, 1.82) is 0 Å². The fourth-order valence-corrected chi connectivity index (χ4v) is 4.78. The van der Waals surface area contributed by atoms with Gasteiger partial charge in [-0.3, -0.25) is 14.3 Å². The smallest absolute Gasteiger partial charge is 0.330 e. The molecule has 0 saturated carbocycles. The van der Waals surface area contributed by atoms with Crippen LogP contribution in [-0.2, 0) is 20.8 Å². The molecule has 5 rings (SSSR count). The van der Waals surface area contributed by atoms with Gasteiger partial charge in [0.25, 0.3) is 5.56 Å². The molecule has 2 fully saturated rings. The minimum atomic E-state index is -2.11. The summed E-state index contributed by atoms with van der Waals surface area (Å²) in [7, 11) is -0.466. The molecule has 0 bridgehead atoms. The molecule has 5 N–H and O–H groups in total. The molecule has 154 valence electrons. The number of rotatable bonds is 3. The Balaban J connectivity index is 1.64. The maximum Gasteiger partial charge on any atom is 0.330 e. The summed E-state index contributed by atoms with van der Waals surface area (Å²) >= 11 is 1.05. The Morgan fingerprint density at radius 3 is 2.97 bits per heavy atom. The summed E-state index contributed by atoms with van der Waals surface area (Å²) in [4.78, 5) is 32.8. The van der Waals surface area contributed by atoms with Crippen molar-refractivity contribution < 1.29 is 23.8 Å². The van der Waals surface area contributed by atoms with Crippen molar-refractivity contribution in [2.45, 2.75) is 34.9 Å². The number of aromatic amines is 1. The summed E-state index contributed by atoms with van der Waals surface area (Å²) < 4.78 is 19.1. The minimum Gasteiger partial charge on any atom is -0.386 e. The fourth-order valence-electron chi connectivity index (χ4n) is 3.14. The number of H-pyrrole nitrogens is 1. The van der Waals surface area contributed by atoms with Crippen LogP contribution in [0, 0.1) is 0 Å². The Morgan fingerprint density at radius 2 is 2.21 bits per heavy atom. The van der Waals surface area contributed by atoms with Crippen LogP contribution in [0.3, 0.4) is 0 Å². The van der Waals surface area contributed by atoms with Gasteiger partial charge in [-0.2, -0.15) is 4.98 Å². The second kappa shape index (κ2) is 6.94. The van der Waals surface area contributed by atoms with Gasteiger partial charge in [-0.25, -0.2) is 9.67 Å². The highest BCUT2D eigenvalue weighted by Gasteiger charge is 2.50. The Kier molecular flexibility index (Phi) is 4.50. The van der Waals surface area contributed by atoms with E-state index in [1.165, 1.54) is 9.25 Å². The van der Waals surface area contributed by atoms with Gasteiger partial charge in [0, 0.05) is 7.05 Å². The van der Waals surface area contributed by atoms with Crippen LogP contribution in [0.4, 0.5) is 5.95 Å². The third-order valence-electron chi connectivity index (χ3n) is 4.43. The number of aliphatic hydroxyl groups excluding tert-OH is 1. The summed E-state index contributed by atoms with van der Waals surface area (Å²) in [5.41, 5.74) is 5.27. The van der Waals surface area contributed by atoms with Gasteiger partial charge in [-0.05, 0) is 22.2 Å². The highest BCUT2D eigenvalue weighted by molar-refractivity contribution is 7.99. The molecule has 5 atom stereocenters. The molecular weight excluding hydrogens is 429 g/mol. The average Bonchev–Trinajstić information content (AvgIpc) is 3.33. The van der Waals surface area contributed by atoms with Gasteiger partial charge in [0.2, 0.25) is 11.1 Å². The number of anilines is 1. The monoisotopic (exact) mass is 443 g/mol. The Hall–Kier alpha value is -2.20. The number of nitrogens with two attached hydrogens (primary N) is 1. The quantitative estimate of drug-likeness (QED) is 0.333. The first-order valence-electron chi connectivity index (χ1n) is 8.22. The number of aliphatic hydroxyl groups is 1. The summed E-state index contributed by atoms with van der Waals surface area (Å²) in [6, 6.07) is 0. The minimum absolute atomic E-state index is 0.00378. The van der Waals surface area contributed by atoms with Gasteiger partial charge < -0.3 is 29.5 Å². The normalized spacial score (nSPS) is 29.4. The first kappa shape index (κ1) is 18.8. The third kappa shape index (κ3) is 3.09. The van der Waals surface area contributed by atoms with Crippen molar-refractivity contribution in [3.8, 4) is 0 Å². The number of tetrazole rings is 1. The SMILES string of the molecule is Cn1nnnc1Sc1nc2c(=O)[nH]c(N)nc2n1C1OC2COP(O)OC2C1O. The third-order valence-corrected chi connectivity index (χ3v) is 6.22. The zero-order valence-corrected chi connectivity index (χ0v) is 16.3. The number of nitrogen functional groups attached to an aromatic ring is 1. The zero-order chi connectivity index (χ0) is 20.3. The lowest BCUT2D eigenvalue weighted by Crippen LogP contribution is -2.38. The Morgan fingerprint density at radius 1 is 1.38 bits per heavy atom. The molecule has 17 heteroatoms. The molecule has 2 saturated heterocycles. The van der Waals surface area contributed by atoms with Crippen molar-refractivity contribution in [3.63, 3.8) is 0 Å². The first-order chi connectivity index (χ1) is 13.9. The molecule has 3 aromatic rings. The number of hydrogen-bond donors (Lipinski definition) is 4. The second-order valence-electron chi connectivity index (χ2n) is 6.23. The van der Waals surface area contributed by atoms with Crippen molar-refractivity contribution >= 4 is 37.5 Å². The Bertz CT molecular complexity index is 1130. The average molecular weight is 443 g/mol. The number of aromatic nitrogens is 8. The molecule has 0 amide bonds. The van der Waals surface area contributed by atoms with E-state index in [9.17, 15) is 14.8 Å². The van der Waals surface area contributed by atoms with Crippen LogP contribution in [0.5, 0.6) is 0 Å². The second-order valence-corrected chi connectivity index (χ2v) is 8.11. The standard InChI is InChI=1S/C12H14N9O6PS/c1-20-12(17-18-19-20)29-11-14-4-7(15-10(13)16-8(4)23)21(11)9-5(22)6-3(26-9)2-25-28(24)27-6/h3,5-6,9,22,24H,2H2,1H3,(H3,13,15,16,23). The van der Waals surface area contributed by atoms with Gasteiger partial charge in [-0.15, -0.1) is 5.10 Å². The summed E-state index contributed by atoms with van der Waals surface area (Å²) in [6.07, 6.45) is -3.68. The number of nitrogens with one attached hydrogen (secondary N) is 1. The lowest BCUT2D eigenvalue weighted by Gasteiger charge is -2.27. The van der Waals surface area contributed by atoms with E-state index in [1.54, 1.807) is 7.05 Å². The number of nitrogens with zero attached hydrogens (tertiary/aromatic N) is 7. The Labute approximate surface area is 166 Å². The molecule has 29 heavy (non-hydrogen) atoms. The van der Waals surface area contributed by atoms with E-state index in [0.29, 0.717) is 5.16 Å². The lowest BCUT2D eigenvalue weighted by molar-refractivity contribution is -0.0614. The topological polar surface area (TPSA) is 201 Å². The van der Waals surface area contributed by atoms with Crippen molar-refractivity contribution in [2.24, 2.45) is 7.05 Å². The molecule has 0 radical (unpaired) electrons.